The van der Waals surface area contributed by atoms with Crippen LogP contribution in [0.15, 0.2) is 42.5 Å². The van der Waals surface area contributed by atoms with Crippen molar-refractivity contribution in [2.75, 3.05) is 11.9 Å². The smallest absolute Gasteiger partial charge is 0.147 e. The van der Waals surface area contributed by atoms with E-state index in [-0.39, 0.29) is 12.4 Å². The molecule has 94 valence electrons. The summed E-state index contributed by atoms with van der Waals surface area (Å²) in [5.74, 6) is -0.753. The summed E-state index contributed by atoms with van der Waals surface area (Å²) in [6.07, 6.45) is 0. The van der Waals surface area contributed by atoms with E-state index >= 15 is 0 Å². The number of hydrogen-bond acceptors (Lipinski definition) is 2. The van der Waals surface area contributed by atoms with Gasteiger partial charge in [-0.05, 0) is 42.0 Å². The van der Waals surface area contributed by atoms with Crippen molar-refractivity contribution in [3.8, 4) is 0 Å². The molecule has 0 saturated carbocycles. The largest absolute Gasteiger partial charge is 0.392 e. The minimum atomic E-state index is -0.423. The zero-order valence-corrected chi connectivity index (χ0v) is 9.90. The minimum absolute atomic E-state index is 0.197. The van der Waals surface area contributed by atoms with Gasteiger partial charge in [0.05, 0.1) is 12.3 Å². The number of anilines is 2. The number of nitrogens with zero attached hydrogens (tertiary/aromatic N) is 1. The van der Waals surface area contributed by atoms with Crippen LogP contribution in [0.4, 0.5) is 20.2 Å². The first-order valence-electron chi connectivity index (χ1n) is 5.50. The summed E-state index contributed by atoms with van der Waals surface area (Å²) in [4.78, 5) is 1.62. The maximum absolute atomic E-state index is 13.8. The molecule has 0 heterocycles. The van der Waals surface area contributed by atoms with E-state index in [1.54, 1.807) is 36.2 Å². The summed E-state index contributed by atoms with van der Waals surface area (Å²) in [6.45, 7) is -0.197. The predicted octanol–water partition coefficient (Wildman–Crippen LogP) is 3.23. The molecule has 0 unspecified atom stereocenters. The summed E-state index contributed by atoms with van der Waals surface area (Å²) in [5.41, 5.74) is 1.58. The molecule has 2 aromatic rings. The monoisotopic (exact) mass is 249 g/mol. The molecule has 0 spiro atoms. The number of hydrogen-bond donors (Lipinski definition) is 1. The molecule has 0 aliphatic carbocycles. The molecule has 18 heavy (non-hydrogen) atoms. The highest BCUT2D eigenvalue weighted by atomic mass is 19.1. The van der Waals surface area contributed by atoms with Crippen molar-refractivity contribution in [2.45, 2.75) is 6.61 Å². The van der Waals surface area contributed by atoms with E-state index in [9.17, 15) is 8.78 Å². The topological polar surface area (TPSA) is 23.5 Å². The lowest BCUT2D eigenvalue weighted by atomic mass is 10.2. The highest BCUT2D eigenvalue weighted by Gasteiger charge is 2.10. The lowest BCUT2D eigenvalue weighted by molar-refractivity contribution is 0.281. The lowest BCUT2D eigenvalue weighted by Crippen LogP contribution is -2.11. The summed E-state index contributed by atoms with van der Waals surface area (Å²) in [5, 5.41) is 8.92. The highest BCUT2D eigenvalue weighted by molar-refractivity contribution is 5.63. The number of aliphatic hydroxyl groups is 1. The average molecular weight is 249 g/mol. The van der Waals surface area contributed by atoms with E-state index in [1.165, 1.54) is 18.2 Å². The minimum Gasteiger partial charge on any atom is -0.392 e. The molecule has 2 aromatic carbocycles. The van der Waals surface area contributed by atoms with Crippen LogP contribution in [0.1, 0.15) is 5.56 Å². The Hall–Kier alpha value is -1.94. The second-order valence-electron chi connectivity index (χ2n) is 3.98. The SMILES string of the molecule is CN(c1ccc(F)cc1)c1ccc(CO)cc1F. The highest BCUT2D eigenvalue weighted by Crippen LogP contribution is 2.26. The molecule has 1 N–H and O–H groups in total. The van der Waals surface area contributed by atoms with Gasteiger partial charge in [-0.15, -0.1) is 0 Å². The number of rotatable bonds is 3. The third kappa shape index (κ3) is 2.49. The third-order valence-electron chi connectivity index (χ3n) is 2.77. The van der Waals surface area contributed by atoms with Gasteiger partial charge in [0, 0.05) is 12.7 Å². The second kappa shape index (κ2) is 5.14. The quantitative estimate of drug-likeness (QED) is 0.902. The van der Waals surface area contributed by atoms with E-state index in [1.807, 2.05) is 0 Å². The zero-order chi connectivity index (χ0) is 13.1. The second-order valence-corrected chi connectivity index (χ2v) is 3.98. The van der Waals surface area contributed by atoms with Gasteiger partial charge in [-0.25, -0.2) is 8.78 Å². The fourth-order valence-corrected chi connectivity index (χ4v) is 1.72. The molecule has 0 saturated heterocycles. The Morgan fingerprint density at radius 3 is 2.28 bits per heavy atom. The van der Waals surface area contributed by atoms with E-state index in [0.717, 1.165) is 0 Å². The van der Waals surface area contributed by atoms with Gasteiger partial charge in [-0.3, -0.25) is 0 Å². The van der Waals surface area contributed by atoms with E-state index in [2.05, 4.69) is 0 Å². The molecule has 0 aliphatic rings. The van der Waals surface area contributed by atoms with Crippen molar-refractivity contribution < 1.29 is 13.9 Å². The molecule has 0 bridgehead atoms. The Labute approximate surface area is 104 Å². The van der Waals surface area contributed by atoms with Crippen molar-refractivity contribution in [1.29, 1.82) is 0 Å². The first-order chi connectivity index (χ1) is 8.61. The molecule has 0 aromatic heterocycles. The van der Waals surface area contributed by atoms with Crippen molar-refractivity contribution in [1.82, 2.24) is 0 Å². The molecule has 0 atom stereocenters. The number of aliphatic hydroxyl groups excluding tert-OH is 1. The molecular formula is C14H13F2NO. The van der Waals surface area contributed by atoms with Gasteiger partial charge in [-0.2, -0.15) is 0 Å². The van der Waals surface area contributed by atoms with Gasteiger partial charge in [0.1, 0.15) is 11.6 Å². The first kappa shape index (κ1) is 12.5. The van der Waals surface area contributed by atoms with Crippen LogP contribution in [0, 0.1) is 11.6 Å². The van der Waals surface area contributed by atoms with E-state index in [4.69, 9.17) is 5.11 Å². The Balaban J connectivity index is 2.33. The summed E-state index contributed by atoms with van der Waals surface area (Å²) < 4.78 is 26.6. The van der Waals surface area contributed by atoms with Crippen LogP contribution in [0.2, 0.25) is 0 Å². The Kier molecular flexibility index (Phi) is 3.58. The number of benzene rings is 2. The van der Waals surface area contributed by atoms with Crippen molar-refractivity contribution in [3.63, 3.8) is 0 Å². The van der Waals surface area contributed by atoms with Crippen LogP contribution in [-0.4, -0.2) is 12.2 Å². The molecule has 0 fully saturated rings. The third-order valence-corrected chi connectivity index (χ3v) is 2.77. The van der Waals surface area contributed by atoms with Gasteiger partial charge >= 0.3 is 0 Å². The van der Waals surface area contributed by atoms with E-state index < -0.39 is 5.82 Å². The first-order valence-corrected chi connectivity index (χ1v) is 5.50. The van der Waals surface area contributed by atoms with Gasteiger partial charge in [0.2, 0.25) is 0 Å². The molecule has 2 rings (SSSR count). The Morgan fingerprint density at radius 1 is 1.06 bits per heavy atom. The maximum atomic E-state index is 13.8. The van der Waals surface area contributed by atoms with Crippen molar-refractivity contribution in [3.05, 3.63) is 59.7 Å². The van der Waals surface area contributed by atoms with Crippen molar-refractivity contribution in [2.24, 2.45) is 0 Å². The van der Waals surface area contributed by atoms with Crippen molar-refractivity contribution >= 4 is 11.4 Å². The molecule has 4 heteroatoms. The molecule has 2 nitrogen and oxygen atoms in total. The Bertz CT molecular complexity index is 540. The summed E-state index contributed by atoms with van der Waals surface area (Å²) in [7, 11) is 1.70. The standard InChI is InChI=1S/C14H13F2NO/c1-17(12-5-3-11(15)4-6-12)14-7-2-10(9-18)8-13(14)16/h2-8,18H,9H2,1H3. The zero-order valence-electron chi connectivity index (χ0n) is 9.90. The van der Waals surface area contributed by atoms with Gasteiger partial charge in [-0.1, -0.05) is 6.07 Å². The normalized spacial score (nSPS) is 10.4. The Morgan fingerprint density at radius 2 is 1.72 bits per heavy atom. The fraction of sp³-hybridized carbons (Fsp3) is 0.143. The summed E-state index contributed by atoms with van der Waals surface area (Å²) >= 11 is 0. The average Bonchev–Trinajstić information content (AvgIpc) is 2.38. The maximum Gasteiger partial charge on any atom is 0.147 e. The predicted molar refractivity (Wildman–Crippen MR) is 66.8 cm³/mol. The van der Waals surface area contributed by atoms with Crippen LogP contribution in [0.5, 0.6) is 0 Å². The van der Waals surface area contributed by atoms with Gasteiger partial charge in [0.15, 0.2) is 0 Å². The molecule has 0 amide bonds. The van der Waals surface area contributed by atoms with Crippen LogP contribution in [0.25, 0.3) is 0 Å². The molecule has 0 radical (unpaired) electrons. The number of halogens is 2. The van der Waals surface area contributed by atoms with Gasteiger partial charge in [0.25, 0.3) is 0 Å². The van der Waals surface area contributed by atoms with Crippen LogP contribution in [0.3, 0.4) is 0 Å². The lowest BCUT2D eigenvalue weighted by Gasteiger charge is -2.20. The van der Waals surface area contributed by atoms with Crippen LogP contribution < -0.4 is 4.90 Å². The van der Waals surface area contributed by atoms with Crippen LogP contribution in [-0.2, 0) is 6.61 Å². The fourth-order valence-electron chi connectivity index (χ4n) is 1.72. The van der Waals surface area contributed by atoms with Crippen LogP contribution >= 0.6 is 0 Å². The van der Waals surface area contributed by atoms with Gasteiger partial charge < -0.3 is 10.0 Å². The van der Waals surface area contributed by atoms with E-state index in [0.29, 0.717) is 16.9 Å². The molecule has 0 aliphatic heterocycles. The summed E-state index contributed by atoms with van der Waals surface area (Å²) in [6, 6.07) is 10.3. The molecular weight excluding hydrogens is 236 g/mol.